The number of para-hydroxylation sites is 1. The molecule has 2 N–H and O–H groups in total. The summed E-state index contributed by atoms with van der Waals surface area (Å²) in [4.78, 5) is 14.5. The quantitative estimate of drug-likeness (QED) is 0.870. The van der Waals surface area contributed by atoms with Gasteiger partial charge in [-0.25, -0.2) is 0 Å². The number of nitrogens with one attached hydrogen (secondary N) is 1. The van der Waals surface area contributed by atoms with Gasteiger partial charge >= 0.3 is 0 Å². The van der Waals surface area contributed by atoms with Gasteiger partial charge in [-0.3, -0.25) is 4.79 Å². The van der Waals surface area contributed by atoms with E-state index in [0.29, 0.717) is 11.6 Å². The second kappa shape index (κ2) is 8.13. The van der Waals surface area contributed by atoms with E-state index in [2.05, 4.69) is 23.5 Å². The highest BCUT2D eigenvalue weighted by molar-refractivity contribution is 5.96. The molecule has 27 heavy (non-hydrogen) atoms. The molecular weight excluding hydrogens is 336 g/mol. The number of phenolic OH excluding ortho intramolecular Hbond substituents is 1. The molecule has 4 rings (SSSR count). The zero-order valence-corrected chi connectivity index (χ0v) is 15.8. The monoisotopic (exact) mass is 364 g/mol. The van der Waals surface area contributed by atoms with Gasteiger partial charge in [0.15, 0.2) is 0 Å². The Balaban J connectivity index is 1.31. The molecule has 0 saturated carbocycles. The van der Waals surface area contributed by atoms with Crippen molar-refractivity contribution in [3.63, 3.8) is 0 Å². The number of likely N-dealkylation sites (tertiary alicyclic amines) is 1. The van der Waals surface area contributed by atoms with Crippen molar-refractivity contribution in [3.05, 3.63) is 64.7 Å². The number of amides is 1. The highest BCUT2D eigenvalue weighted by Gasteiger charge is 2.25. The number of piperidine rings is 1. The minimum atomic E-state index is -0.0660. The van der Waals surface area contributed by atoms with E-state index in [1.807, 2.05) is 4.90 Å². The molecule has 2 aliphatic rings. The summed E-state index contributed by atoms with van der Waals surface area (Å²) in [6, 6.07) is 14.0. The van der Waals surface area contributed by atoms with Crippen molar-refractivity contribution in [2.45, 2.75) is 51.1 Å². The highest BCUT2D eigenvalue weighted by Crippen LogP contribution is 2.25. The fraction of sp³-hybridized carbons (Fsp3) is 0.435. The molecule has 1 fully saturated rings. The van der Waals surface area contributed by atoms with Crippen LogP contribution in [0.1, 0.15) is 52.7 Å². The molecule has 0 bridgehead atoms. The molecule has 4 nitrogen and oxygen atoms in total. The van der Waals surface area contributed by atoms with Crippen LogP contribution in [0.5, 0.6) is 5.75 Å². The van der Waals surface area contributed by atoms with Gasteiger partial charge in [0.25, 0.3) is 5.91 Å². The van der Waals surface area contributed by atoms with Gasteiger partial charge in [0.05, 0.1) is 5.56 Å². The third-order valence-corrected chi connectivity index (χ3v) is 5.99. The van der Waals surface area contributed by atoms with Crippen LogP contribution in [0.2, 0.25) is 0 Å². The first kappa shape index (κ1) is 18.1. The van der Waals surface area contributed by atoms with Crippen LogP contribution in [-0.4, -0.2) is 35.0 Å². The van der Waals surface area contributed by atoms with Crippen LogP contribution in [0.25, 0.3) is 0 Å². The fourth-order valence-electron chi connectivity index (χ4n) is 4.39. The van der Waals surface area contributed by atoms with Crippen molar-refractivity contribution in [2.24, 2.45) is 0 Å². The summed E-state index contributed by atoms with van der Waals surface area (Å²) >= 11 is 0. The van der Waals surface area contributed by atoms with Crippen LogP contribution >= 0.6 is 0 Å². The predicted molar refractivity (Wildman–Crippen MR) is 107 cm³/mol. The van der Waals surface area contributed by atoms with Gasteiger partial charge in [-0.2, -0.15) is 0 Å². The van der Waals surface area contributed by atoms with Crippen molar-refractivity contribution >= 4 is 5.91 Å². The molecule has 1 aliphatic carbocycles. The van der Waals surface area contributed by atoms with E-state index in [4.69, 9.17) is 0 Å². The van der Waals surface area contributed by atoms with E-state index < -0.39 is 0 Å². The smallest absolute Gasteiger partial charge is 0.257 e. The lowest BCUT2D eigenvalue weighted by Gasteiger charge is -2.33. The standard InChI is InChI=1S/C23H28N2O2/c26-22-11-4-3-10-21(22)23(27)25-14-12-19(13-15-25)24-16-18-8-5-7-17-6-1-2-9-20(17)18/h3-5,7-8,10-11,19,24,26H,1-2,6,9,12-16H2. The van der Waals surface area contributed by atoms with Gasteiger partial charge in [0, 0.05) is 25.7 Å². The first-order chi connectivity index (χ1) is 13.2. The molecule has 0 aromatic heterocycles. The maximum absolute atomic E-state index is 12.6. The molecule has 1 saturated heterocycles. The lowest BCUT2D eigenvalue weighted by molar-refractivity contribution is 0.0701. The number of fused-ring (bicyclic) bond motifs is 1. The Labute approximate surface area is 161 Å². The predicted octanol–water partition coefficient (Wildman–Crippen LogP) is 3.67. The zero-order chi connectivity index (χ0) is 18.6. The number of carbonyl (C=O) groups excluding carboxylic acids is 1. The summed E-state index contributed by atoms with van der Waals surface area (Å²) in [6.07, 6.45) is 6.95. The van der Waals surface area contributed by atoms with Gasteiger partial charge in [-0.1, -0.05) is 30.3 Å². The van der Waals surface area contributed by atoms with E-state index in [-0.39, 0.29) is 11.7 Å². The van der Waals surface area contributed by atoms with Gasteiger partial charge in [0.1, 0.15) is 5.75 Å². The van der Waals surface area contributed by atoms with E-state index in [1.165, 1.54) is 36.8 Å². The second-order valence-electron chi connectivity index (χ2n) is 7.73. The van der Waals surface area contributed by atoms with Crippen molar-refractivity contribution in [3.8, 4) is 5.75 Å². The average Bonchev–Trinajstić information content (AvgIpc) is 2.72. The van der Waals surface area contributed by atoms with Crippen LogP contribution in [0, 0.1) is 0 Å². The van der Waals surface area contributed by atoms with Crippen molar-refractivity contribution < 1.29 is 9.90 Å². The van der Waals surface area contributed by atoms with Crippen LogP contribution < -0.4 is 5.32 Å². The minimum Gasteiger partial charge on any atom is -0.507 e. The molecule has 1 aliphatic heterocycles. The number of benzene rings is 2. The largest absolute Gasteiger partial charge is 0.507 e. The number of aromatic hydroxyl groups is 1. The summed E-state index contributed by atoms with van der Waals surface area (Å²) in [5.41, 5.74) is 4.94. The molecule has 1 amide bonds. The Kier molecular flexibility index (Phi) is 5.44. The fourth-order valence-corrected chi connectivity index (χ4v) is 4.39. The molecule has 0 radical (unpaired) electrons. The number of hydrogen-bond acceptors (Lipinski definition) is 3. The van der Waals surface area contributed by atoms with Crippen molar-refractivity contribution in [1.29, 1.82) is 0 Å². The number of hydrogen-bond donors (Lipinski definition) is 2. The molecule has 2 aromatic carbocycles. The van der Waals surface area contributed by atoms with Gasteiger partial charge in [-0.05, 0) is 67.3 Å². The van der Waals surface area contributed by atoms with Gasteiger partial charge in [-0.15, -0.1) is 0 Å². The van der Waals surface area contributed by atoms with Crippen LogP contribution in [-0.2, 0) is 19.4 Å². The molecule has 142 valence electrons. The Morgan fingerprint density at radius 1 is 1.04 bits per heavy atom. The topological polar surface area (TPSA) is 52.6 Å². The normalized spacial score (nSPS) is 17.6. The molecule has 0 spiro atoms. The number of phenols is 1. The maximum Gasteiger partial charge on any atom is 0.257 e. The Hall–Kier alpha value is -2.33. The first-order valence-corrected chi connectivity index (χ1v) is 10.1. The molecule has 4 heteroatoms. The second-order valence-corrected chi connectivity index (χ2v) is 7.73. The number of rotatable bonds is 4. The summed E-state index contributed by atoms with van der Waals surface area (Å²) in [5, 5.41) is 13.6. The highest BCUT2D eigenvalue weighted by atomic mass is 16.3. The Bertz CT molecular complexity index is 810. The van der Waals surface area contributed by atoms with Crippen LogP contribution in [0.3, 0.4) is 0 Å². The average molecular weight is 364 g/mol. The molecular formula is C23H28N2O2. The summed E-state index contributed by atoms with van der Waals surface area (Å²) in [5.74, 6) is 0.000258. The molecule has 0 atom stereocenters. The lowest BCUT2D eigenvalue weighted by atomic mass is 9.88. The van der Waals surface area contributed by atoms with Crippen LogP contribution in [0.4, 0.5) is 0 Å². The Morgan fingerprint density at radius 3 is 2.63 bits per heavy atom. The van der Waals surface area contributed by atoms with E-state index in [9.17, 15) is 9.90 Å². The van der Waals surface area contributed by atoms with Crippen LogP contribution in [0.15, 0.2) is 42.5 Å². The van der Waals surface area contributed by atoms with Crippen molar-refractivity contribution in [2.75, 3.05) is 13.1 Å². The SMILES string of the molecule is O=C(c1ccccc1O)N1CCC(NCc2cccc3c2CCCC3)CC1. The number of nitrogens with zero attached hydrogens (tertiary/aromatic N) is 1. The summed E-state index contributed by atoms with van der Waals surface area (Å²) in [7, 11) is 0. The maximum atomic E-state index is 12.6. The van der Waals surface area contributed by atoms with Crippen molar-refractivity contribution in [1.82, 2.24) is 10.2 Å². The summed E-state index contributed by atoms with van der Waals surface area (Å²) in [6.45, 7) is 2.39. The van der Waals surface area contributed by atoms with E-state index in [1.54, 1.807) is 29.8 Å². The first-order valence-electron chi connectivity index (χ1n) is 10.1. The lowest BCUT2D eigenvalue weighted by Crippen LogP contribution is -2.44. The van der Waals surface area contributed by atoms with E-state index >= 15 is 0 Å². The molecule has 0 unspecified atom stereocenters. The molecule has 1 heterocycles. The third-order valence-electron chi connectivity index (χ3n) is 5.99. The number of carbonyl (C=O) groups is 1. The minimum absolute atomic E-state index is 0.0660. The zero-order valence-electron chi connectivity index (χ0n) is 15.8. The third kappa shape index (κ3) is 4.01. The van der Waals surface area contributed by atoms with Gasteiger partial charge < -0.3 is 15.3 Å². The van der Waals surface area contributed by atoms with Gasteiger partial charge in [0.2, 0.25) is 0 Å². The van der Waals surface area contributed by atoms with E-state index in [0.717, 1.165) is 32.5 Å². The molecule has 2 aromatic rings. The summed E-state index contributed by atoms with van der Waals surface area (Å²) < 4.78 is 0. The number of aryl methyl sites for hydroxylation is 1. The Morgan fingerprint density at radius 2 is 1.81 bits per heavy atom.